The fraction of sp³-hybridized carbons (Fsp3) is 0.688. The SMILES string of the molecule is CCC1(C)NC(=O)N(NC(=O)CSc2nnc(C3CC3)n2C2CC2)C1=O. The fourth-order valence-corrected chi connectivity index (χ4v) is 3.80. The van der Waals surface area contributed by atoms with Gasteiger partial charge in [-0.3, -0.25) is 15.0 Å². The first-order valence-electron chi connectivity index (χ1n) is 8.96. The van der Waals surface area contributed by atoms with Gasteiger partial charge in [0.1, 0.15) is 11.4 Å². The number of imide groups is 1. The molecule has 4 amide bonds. The van der Waals surface area contributed by atoms with Crippen LogP contribution < -0.4 is 10.7 Å². The summed E-state index contributed by atoms with van der Waals surface area (Å²) in [6.07, 6.45) is 5.00. The van der Waals surface area contributed by atoms with E-state index in [4.69, 9.17) is 0 Å². The van der Waals surface area contributed by atoms with Crippen molar-refractivity contribution in [1.29, 1.82) is 0 Å². The van der Waals surface area contributed by atoms with Crippen LogP contribution in [0.2, 0.25) is 0 Å². The minimum Gasteiger partial charge on any atom is -0.322 e. The third-order valence-corrected chi connectivity index (χ3v) is 6.03. The van der Waals surface area contributed by atoms with Crippen molar-refractivity contribution >= 4 is 29.6 Å². The highest BCUT2D eigenvalue weighted by molar-refractivity contribution is 7.99. The minimum absolute atomic E-state index is 0.0649. The smallest absolute Gasteiger partial charge is 0.322 e. The Bertz CT molecular complexity index is 772. The van der Waals surface area contributed by atoms with Gasteiger partial charge in [0.05, 0.1) is 5.75 Å². The van der Waals surface area contributed by atoms with Gasteiger partial charge in [0.2, 0.25) is 5.91 Å². The van der Waals surface area contributed by atoms with E-state index >= 15 is 0 Å². The summed E-state index contributed by atoms with van der Waals surface area (Å²) in [5, 5.41) is 12.7. The molecule has 0 bridgehead atoms. The maximum absolute atomic E-state index is 12.3. The van der Waals surface area contributed by atoms with E-state index in [1.54, 1.807) is 6.92 Å². The first-order chi connectivity index (χ1) is 12.4. The molecule has 10 heteroatoms. The van der Waals surface area contributed by atoms with Crippen LogP contribution in [0, 0.1) is 0 Å². The molecular formula is C16H22N6O3S. The van der Waals surface area contributed by atoms with Gasteiger partial charge in [0, 0.05) is 12.0 Å². The quantitative estimate of drug-likeness (QED) is 0.547. The molecule has 1 atom stereocenters. The first-order valence-corrected chi connectivity index (χ1v) is 9.95. The Morgan fingerprint density at radius 2 is 2.04 bits per heavy atom. The molecule has 2 aliphatic carbocycles. The van der Waals surface area contributed by atoms with Crippen LogP contribution in [0.15, 0.2) is 5.16 Å². The summed E-state index contributed by atoms with van der Waals surface area (Å²) in [7, 11) is 0. The molecule has 0 aromatic carbocycles. The number of carbonyl (C=O) groups excluding carboxylic acids is 3. The number of rotatable bonds is 7. The van der Waals surface area contributed by atoms with Crippen LogP contribution in [0.3, 0.4) is 0 Å². The summed E-state index contributed by atoms with van der Waals surface area (Å²) in [6, 6.07) is -0.155. The van der Waals surface area contributed by atoms with Gasteiger partial charge in [-0.2, -0.15) is 5.01 Å². The van der Waals surface area contributed by atoms with E-state index in [2.05, 4.69) is 25.5 Å². The number of hydrogen-bond donors (Lipinski definition) is 2. The van der Waals surface area contributed by atoms with Gasteiger partial charge in [-0.25, -0.2) is 4.79 Å². The molecule has 2 N–H and O–H groups in total. The van der Waals surface area contributed by atoms with Crippen LogP contribution in [-0.4, -0.2) is 48.9 Å². The largest absolute Gasteiger partial charge is 0.344 e. The second-order valence-corrected chi connectivity index (χ2v) is 8.24. The number of hydrogen-bond acceptors (Lipinski definition) is 6. The Balaban J connectivity index is 1.38. The lowest BCUT2D eigenvalue weighted by Gasteiger charge is -2.19. The van der Waals surface area contributed by atoms with Gasteiger partial charge in [-0.15, -0.1) is 10.2 Å². The Kier molecular flexibility index (Phi) is 4.17. The van der Waals surface area contributed by atoms with Crippen LogP contribution in [0.25, 0.3) is 0 Å². The molecule has 0 spiro atoms. The third kappa shape index (κ3) is 3.06. The van der Waals surface area contributed by atoms with Crippen LogP contribution in [0.5, 0.6) is 0 Å². The van der Waals surface area contributed by atoms with E-state index in [1.165, 1.54) is 11.8 Å². The molecule has 9 nitrogen and oxygen atoms in total. The normalized spacial score (nSPS) is 25.5. The van der Waals surface area contributed by atoms with Crippen LogP contribution in [-0.2, 0) is 9.59 Å². The van der Waals surface area contributed by atoms with Gasteiger partial charge in [0.15, 0.2) is 5.16 Å². The minimum atomic E-state index is -0.969. The summed E-state index contributed by atoms with van der Waals surface area (Å²) in [6.45, 7) is 3.45. The molecule has 140 valence electrons. The number of carbonyl (C=O) groups is 3. The Morgan fingerprint density at radius 1 is 1.31 bits per heavy atom. The van der Waals surface area contributed by atoms with Crippen molar-refractivity contribution in [3.63, 3.8) is 0 Å². The Labute approximate surface area is 155 Å². The lowest BCUT2D eigenvalue weighted by molar-refractivity contribution is -0.137. The summed E-state index contributed by atoms with van der Waals surface area (Å²) < 4.78 is 2.16. The number of amides is 4. The van der Waals surface area contributed by atoms with Crippen LogP contribution >= 0.6 is 11.8 Å². The van der Waals surface area contributed by atoms with E-state index in [9.17, 15) is 14.4 Å². The maximum atomic E-state index is 12.3. The van der Waals surface area contributed by atoms with Crippen molar-refractivity contribution in [2.24, 2.45) is 0 Å². The summed E-state index contributed by atoms with van der Waals surface area (Å²) >= 11 is 1.29. The van der Waals surface area contributed by atoms with Crippen LogP contribution in [0.1, 0.15) is 63.7 Å². The number of nitrogens with zero attached hydrogens (tertiary/aromatic N) is 4. The lowest BCUT2D eigenvalue weighted by Crippen LogP contribution is -2.49. The van der Waals surface area contributed by atoms with Crippen molar-refractivity contribution in [3.8, 4) is 0 Å². The second-order valence-electron chi connectivity index (χ2n) is 7.30. The third-order valence-electron chi connectivity index (χ3n) is 5.08. The molecule has 3 fully saturated rings. The molecule has 2 heterocycles. The predicted molar refractivity (Wildman–Crippen MR) is 93.2 cm³/mol. The summed E-state index contributed by atoms with van der Waals surface area (Å²) in [4.78, 5) is 36.5. The molecule has 1 aromatic heterocycles. The second kappa shape index (κ2) is 6.26. The van der Waals surface area contributed by atoms with Gasteiger partial charge in [-0.05, 0) is 39.0 Å². The highest BCUT2D eigenvalue weighted by atomic mass is 32.2. The zero-order valence-corrected chi connectivity index (χ0v) is 15.6. The topological polar surface area (TPSA) is 109 Å². The van der Waals surface area contributed by atoms with E-state index < -0.39 is 23.4 Å². The number of nitrogens with one attached hydrogen (secondary N) is 2. The summed E-state index contributed by atoms with van der Waals surface area (Å²) in [5.74, 6) is 0.736. The van der Waals surface area contributed by atoms with Gasteiger partial charge in [0.25, 0.3) is 5.91 Å². The fourth-order valence-electron chi connectivity index (χ4n) is 3.00. The molecular weight excluding hydrogens is 356 g/mol. The monoisotopic (exact) mass is 378 g/mol. The lowest BCUT2D eigenvalue weighted by atomic mass is 10.00. The molecule has 1 aliphatic heterocycles. The molecule has 0 radical (unpaired) electrons. The number of thioether (sulfide) groups is 1. The van der Waals surface area contributed by atoms with Crippen molar-refractivity contribution in [2.75, 3.05) is 5.75 Å². The zero-order chi connectivity index (χ0) is 18.5. The molecule has 4 rings (SSSR count). The molecule has 1 unspecified atom stereocenters. The molecule has 26 heavy (non-hydrogen) atoms. The standard InChI is InChI=1S/C16H22N6O3S/c1-3-16(2)13(24)22(14(25)17-16)20-11(23)8-26-15-19-18-12(9-4-5-9)21(15)10-6-7-10/h9-10H,3-8H2,1-2H3,(H,17,25)(H,20,23). The van der Waals surface area contributed by atoms with Crippen molar-refractivity contribution in [3.05, 3.63) is 5.82 Å². The summed E-state index contributed by atoms with van der Waals surface area (Å²) in [5.41, 5.74) is 1.43. The van der Waals surface area contributed by atoms with E-state index in [-0.39, 0.29) is 5.75 Å². The maximum Gasteiger partial charge on any atom is 0.344 e. The van der Waals surface area contributed by atoms with Gasteiger partial charge < -0.3 is 9.88 Å². The highest BCUT2D eigenvalue weighted by Crippen LogP contribution is 2.45. The van der Waals surface area contributed by atoms with Crippen molar-refractivity contribution in [1.82, 2.24) is 30.5 Å². The average Bonchev–Trinajstić information content (AvgIpc) is 3.54. The zero-order valence-electron chi connectivity index (χ0n) is 14.8. The predicted octanol–water partition coefficient (Wildman–Crippen LogP) is 1.33. The Morgan fingerprint density at radius 3 is 2.62 bits per heavy atom. The molecule has 1 aromatic rings. The number of hydrazine groups is 1. The van der Waals surface area contributed by atoms with E-state index in [1.807, 2.05) is 6.92 Å². The molecule has 2 saturated carbocycles. The van der Waals surface area contributed by atoms with Gasteiger partial charge in [-0.1, -0.05) is 18.7 Å². The van der Waals surface area contributed by atoms with E-state index in [0.29, 0.717) is 18.4 Å². The molecule has 3 aliphatic rings. The number of urea groups is 1. The Hall–Kier alpha value is -2.10. The molecule has 1 saturated heterocycles. The van der Waals surface area contributed by atoms with Crippen molar-refractivity contribution < 1.29 is 14.4 Å². The van der Waals surface area contributed by atoms with Crippen LogP contribution in [0.4, 0.5) is 4.79 Å². The highest BCUT2D eigenvalue weighted by Gasteiger charge is 2.47. The van der Waals surface area contributed by atoms with Crippen molar-refractivity contribution in [2.45, 2.75) is 68.6 Å². The average molecular weight is 378 g/mol. The van der Waals surface area contributed by atoms with Gasteiger partial charge >= 0.3 is 6.03 Å². The number of aromatic nitrogens is 3. The first kappa shape index (κ1) is 17.3. The van der Waals surface area contributed by atoms with E-state index in [0.717, 1.165) is 41.7 Å².